The highest BCUT2D eigenvalue weighted by atomic mass is 35.5. The zero-order valence-corrected chi connectivity index (χ0v) is 10.1. The normalized spacial score (nSPS) is 11.4. The van der Waals surface area contributed by atoms with Gasteiger partial charge in [-0.3, -0.25) is 0 Å². The average Bonchev–Trinajstić information content (AvgIpc) is 2.36. The molecule has 2 aromatic rings. The first-order valence-electron chi connectivity index (χ1n) is 5.09. The molecule has 0 aliphatic rings. The fourth-order valence-corrected chi connectivity index (χ4v) is 1.38. The van der Waals surface area contributed by atoms with Crippen LogP contribution in [0.25, 0.3) is 0 Å². The molecule has 0 aromatic carbocycles. The van der Waals surface area contributed by atoms with E-state index in [1.807, 2.05) is 0 Å². The van der Waals surface area contributed by atoms with E-state index in [0.29, 0.717) is 5.75 Å². The molecule has 2 aromatic heterocycles. The van der Waals surface area contributed by atoms with Crippen molar-refractivity contribution >= 4 is 11.6 Å². The van der Waals surface area contributed by atoms with Gasteiger partial charge in [-0.1, -0.05) is 11.6 Å². The Hall–Kier alpha value is -1.89. The molecule has 0 radical (unpaired) electrons. The fourth-order valence-electron chi connectivity index (χ4n) is 1.22. The Balaban J connectivity index is 2.01. The van der Waals surface area contributed by atoms with Gasteiger partial charge in [-0.25, -0.2) is 4.98 Å². The Labute approximate surface area is 111 Å². The fraction of sp³-hybridized carbons (Fsp3) is 0.182. The van der Waals surface area contributed by atoms with Gasteiger partial charge in [-0.2, -0.15) is 18.3 Å². The Morgan fingerprint density at radius 3 is 2.53 bits per heavy atom. The maximum Gasteiger partial charge on any atom is 0.435 e. The maximum absolute atomic E-state index is 12.3. The zero-order chi connectivity index (χ0) is 13.9. The van der Waals surface area contributed by atoms with E-state index in [1.54, 1.807) is 6.07 Å². The van der Waals surface area contributed by atoms with Crippen LogP contribution in [0.1, 0.15) is 11.4 Å². The van der Waals surface area contributed by atoms with Gasteiger partial charge in [0.2, 0.25) is 0 Å². The molecule has 0 fully saturated rings. The summed E-state index contributed by atoms with van der Waals surface area (Å²) < 4.78 is 42.1. The van der Waals surface area contributed by atoms with Gasteiger partial charge in [0.1, 0.15) is 23.2 Å². The molecule has 0 aliphatic heterocycles. The average molecular weight is 290 g/mol. The van der Waals surface area contributed by atoms with Gasteiger partial charge in [-0.15, -0.1) is 5.10 Å². The van der Waals surface area contributed by atoms with Gasteiger partial charge in [0.05, 0.1) is 0 Å². The molecule has 2 heterocycles. The molecule has 0 spiro atoms. The summed E-state index contributed by atoms with van der Waals surface area (Å²) >= 11 is 5.65. The van der Waals surface area contributed by atoms with Gasteiger partial charge < -0.3 is 4.74 Å². The predicted molar refractivity (Wildman–Crippen MR) is 60.6 cm³/mol. The van der Waals surface area contributed by atoms with Crippen molar-refractivity contribution in [1.82, 2.24) is 15.2 Å². The summed E-state index contributed by atoms with van der Waals surface area (Å²) in [7, 11) is 0. The van der Waals surface area contributed by atoms with E-state index in [4.69, 9.17) is 16.3 Å². The molecular formula is C11H7ClF3N3O. The molecule has 0 bridgehead atoms. The van der Waals surface area contributed by atoms with Crippen molar-refractivity contribution < 1.29 is 17.9 Å². The lowest BCUT2D eigenvalue weighted by Crippen LogP contribution is -2.10. The summed E-state index contributed by atoms with van der Waals surface area (Å²) in [5.74, 6) is 0.446. The van der Waals surface area contributed by atoms with E-state index in [-0.39, 0.29) is 17.5 Å². The second-order valence-corrected chi connectivity index (χ2v) is 3.90. The van der Waals surface area contributed by atoms with E-state index >= 15 is 0 Å². The molecule has 0 saturated carbocycles. The first kappa shape index (κ1) is 13.5. The third-order valence-electron chi connectivity index (χ3n) is 2.09. The summed E-state index contributed by atoms with van der Waals surface area (Å²) in [5.41, 5.74) is -0.760. The van der Waals surface area contributed by atoms with Crippen LogP contribution >= 0.6 is 11.6 Å². The smallest absolute Gasteiger partial charge is 0.435 e. The van der Waals surface area contributed by atoms with Crippen molar-refractivity contribution in [3.8, 4) is 5.75 Å². The maximum atomic E-state index is 12.3. The van der Waals surface area contributed by atoms with Crippen molar-refractivity contribution in [2.45, 2.75) is 12.8 Å². The lowest BCUT2D eigenvalue weighted by molar-refractivity contribution is -0.141. The number of alkyl halides is 3. The number of pyridine rings is 1. The Morgan fingerprint density at radius 2 is 1.95 bits per heavy atom. The number of nitrogens with zero attached hydrogens (tertiary/aromatic N) is 3. The monoisotopic (exact) mass is 289 g/mol. The summed E-state index contributed by atoms with van der Waals surface area (Å²) in [6, 6.07) is 5.12. The second kappa shape index (κ2) is 5.40. The van der Waals surface area contributed by atoms with Gasteiger partial charge in [0.15, 0.2) is 5.69 Å². The van der Waals surface area contributed by atoms with Gasteiger partial charge in [-0.05, 0) is 18.2 Å². The molecule has 0 aliphatic carbocycles. The van der Waals surface area contributed by atoms with Crippen LogP contribution in [0, 0.1) is 0 Å². The lowest BCUT2D eigenvalue weighted by atomic mass is 10.3. The molecular weight excluding hydrogens is 283 g/mol. The molecule has 0 amide bonds. The van der Waals surface area contributed by atoms with Crippen molar-refractivity contribution in [2.75, 3.05) is 0 Å². The number of ether oxygens (including phenoxy) is 1. The molecule has 0 atom stereocenters. The SMILES string of the molecule is FC(F)(F)c1ccc(COc2ccnc(Cl)c2)nn1. The number of hydrogen-bond acceptors (Lipinski definition) is 4. The van der Waals surface area contributed by atoms with Crippen LogP contribution in [0.3, 0.4) is 0 Å². The summed E-state index contributed by atoms with van der Waals surface area (Å²) in [5, 5.41) is 6.79. The van der Waals surface area contributed by atoms with Crippen molar-refractivity contribution in [3.63, 3.8) is 0 Å². The Bertz CT molecular complexity index is 560. The summed E-state index contributed by atoms with van der Waals surface area (Å²) in [6.45, 7) is -0.00845. The Morgan fingerprint density at radius 1 is 1.16 bits per heavy atom. The van der Waals surface area contributed by atoms with Gasteiger partial charge in [0, 0.05) is 12.3 Å². The van der Waals surface area contributed by atoms with Crippen LogP contribution in [0.4, 0.5) is 13.2 Å². The largest absolute Gasteiger partial charge is 0.487 e. The first-order valence-corrected chi connectivity index (χ1v) is 5.47. The molecule has 2 rings (SSSR count). The number of halogens is 4. The number of rotatable bonds is 3. The number of hydrogen-bond donors (Lipinski definition) is 0. The highest BCUT2D eigenvalue weighted by Crippen LogP contribution is 2.26. The summed E-state index contributed by atoms with van der Waals surface area (Å²) in [4.78, 5) is 3.77. The van der Waals surface area contributed by atoms with E-state index in [1.165, 1.54) is 18.3 Å². The van der Waals surface area contributed by atoms with Crippen LogP contribution in [0.2, 0.25) is 5.15 Å². The van der Waals surface area contributed by atoms with Gasteiger partial charge in [0.25, 0.3) is 0 Å². The molecule has 100 valence electrons. The minimum atomic E-state index is -4.50. The predicted octanol–water partition coefficient (Wildman–Crippen LogP) is 3.12. The van der Waals surface area contributed by atoms with Crippen LogP contribution in [0.5, 0.6) is 5.75 Å². The van der Waals surface area contributed by atoms with Crippen LogP contribution in [0.15, 0.2) is 30.5 Å². The molecule has 0 saturated heterocycles. The number of aromatic nitrogens is 3. The second-order valence-electron chi connectivity index (χ2n) is 3.51. The first-order chi connectivity index (χ1) is 8.95. The van der Waals surface area contributed by atoms with Gasteiger partial charge >= 0.3 is 6.18 Å². The highest BCUT2D eigenvalue weighted by molar-refractivity contribution is 6.29. The lowest BCUT2D eigenvalue weighted by Gasteiger charge is -2.07. The third kappa shape index (κ3) is 3.78. The third-order valence-corrected chi connectivity index (χ3v) is 2.30. The quantitative estimate of drug-likeness (QED) is 0.815. The van der Waals surface area contributed by atoms with E-state index in [9.17, 15) is 13.2 Å². The topological polar surface area (TPSA) is 47.9 Å². The van der Waals surface area contributed by atoms with E-state index in [0.717, 1.165) is 6.07 Å². The minimum Gasteiger partial charge on any atom is -0.487 e. The molecule has 0 unspecified atom stereocenters. The minimum absolute atomic E-state index is 0.00845. The zero-order valence-electron chi connectivity index (χ0n) is 9.36. The van der Waals surface area contributed by atoms with Crippen molar-refractivity contribution in [2.24, 2.45) is 0 Å². The summed E-state index contributed by atoms with van der Waals surface area (Å²) in [6.07, 6.45) is -3.04. The highest BCUT2D eigenvalue weighted by Gasteiger charge is 2.32. The van der Waals surface area contributed by atoms with E-state index < -0.39 is 11.9 Å². The van der Waals surface area contributed by atoms with Crippen LogP contribution in [-0.4, -0.2) is 15.2 Å². The standard InChI is InChI=1S/C11H7ClF3N3O/c12-10-5-8(3-4-16-10)19-6-7-1-2-9(18-17-7)11(13,14)15/h1-5H,6H2. The Kier molecular flexibility index (Phi) is 3.84. The van der Waals surface area contributed by atoms with Crippen molar-refractivity contribution in [3.05, 3.63) is 47.0 Å². The van der Waals surface area contributed by atoms with Crippen LogP contribution in [-0.2, 0) is 12.8 Å². The van der Waals surface area contributed by atoms with E-state index in [2.05, 4.69) is 15.2 Å². The molecule has 8 heteroatoms. The molecule has 0 N–H and O–H groups in total. The van der Waals surface area contributed by atoms with Crippen LogP contribution < -0.4 is 4.74 Å². The van der Waals surface area contributed by atoms with Crippen molar-refractivity contribution in [1.29, 1.82) is 0 Å². The molecule has 4 nitrogen and oxygen atoms in total. The molecule has 19 heavy (non-hydrogen) atoms.